The molecular weight excluding hydrogens is 234 g/mol. The van der Waals surface area contributed by atoms with E-state index in [2.05, 4.69) is 19.2 Å². The van der Waals surface area contributed by atoms with Crippen LogP contribution < -0.4 is 5.32 Å². The summed E-state index contributed by atoms with van der Waals surface area (Å²) >= 11 is 0. The highest BCUT2D eigenvalue weighted by Crippen LogP contribution is 2.11. The highest BCUT2D eigenvalue weighted by molar-refractivity contribution is 7.92. The van der Waals surface area contributed by atoms with E-state index >= 15 is 0 Å². The summed E-state index contributed by atoms with van der Waals surface area (Å²) in [4.78, 5) is 0. The maximum absolute atomic E-state index is 11.9. The quantitative estimate of drug-likeness (QED) is 0.650. The molecule has 104 valence electrons. The molecule has 0 aliphatic heterocycles. The summed E-state index contributed by atoms with van der Waals surface area (Å²) in [6.07, 6.45) is 2.32. The van der Waals surface area contributed by atoms with Gasteiger partial charge in [-0.25, -0.2) is 8.42 Å². The number of hydrogen-bond donors (Lipinski definition) is 1. The molecule has 0 aromatic rings. The van der Waals surface area contributed by atoms with Gasteiger partial charge in [-0.3, -0.25) is 0 Å². The van der Waals surface area contributed by atoms with Crippen molar-refractivity contribution in [2.75, 3.05) is 18.8 Å². The van der Waals surface area contributed by atoms with E-state index in [-0.39, 0.29) is 16.9 Å². The summed E-state index contributed by atoms with van der Waals surface area (Å²) in [7, 11) is -2.93. The van der Waals surface area contributed by atoms with Crippen molar-refractivity contribution in [1.29, 1.82) is 0 Å². The minimum atomic E-state index is -2.93. The van der Waals surface area contributed by atoms with Crippen molar-refractivity contribution in [3.63, 3.8) is 0 Å². The van der Waals surface area contributed by atoms with Crippen LogP contribution in [-0.4, -0.2) is 32.5 Å². The van der Waals surface area contributed by atoms with Gasteiger partial charge in [-0.2, -0.15) is 0 Å². The largest absolute Gasteiger partial charge is 0.316 e. The first-order valence-corrected chi connectivity index (χ1v) is 8.41. The SMILES string of the molecule is CC(C)CCCNCCS(=O)(=O)C(C)C(C)C. The summed E-state index contributed by atoms with van der Waals surface area (Å²) in [6, 6.07) is 0. The van der Waals surface area contributed by atoms with Gasteiger partial charge in [0.15, 0.2) is 9.84 Å². The monoisotopic (exact) mass is 263 g/mol. The lowest BCUT2D eigenvalue weighted by Crippen LogP contribution is -2.31. The molecule has 0 fully saturated rings. The van der Waals surface area contributed by atoms with E-state index in [0.717, 1.165) is 18.9 Å². The fourth-order valence-corrected chi connectivity index (χ4v) is 3.21. The molecule has 1 unspecified atom stereocenters. The molecule has 17 heavy (non-hydrogen) atoms. The smallest absolute Gasteiger partial charge is 0.154 e. The van der Waals surface area contributed by atoms with E-state index in [1.165, 1.54) is 6.42 Å². The Kier molecular flexibility index (Phi) is 8.05. The Balaban J connectivity index is 3.74. The third kappa shape index (κ3) is 7.77. The maximum atomic E-state index is 11.9. The average Bonchev–Trinajstić information content (AvgIpc) is 2.21. The molecule has 0 aromatic carbocycles. The van der Waals surface area contributed by atoms with E-state index in [4.69, 9.17) is 0 Å². The fourth-order valence-electron chi connectivity index (χ4n) is 1.58. The van der Waals surface area contributed by atoms with Crippen molar-refractivity contribution in [3.05, 3.63) is 0 Å². The van der Waals surface area contributed by atoms with E-state index in [9.17, 15) is 8.42 Å². The van der Waals surface area contributed by atoms with Gasteiger partial charge in [-0.05, 0) is 38.1 Å². The minimum Gasteiger partial charge on any atom is -0.316 e. The summed E-state index contributed by atoms with van der Waals surface area (Å²) < 4.78 is 23.7. The van der Waals surface area contributed by atoms with E-state index < -0.39 is 9.84 Å². The molecule has 0 aliphatic carbocycles. The van der Waals surface area contributed by atoms with Gasteiger partial charge in [0, 0.05) is 6.54 Å². The van der Waals surface area contributed by atoms with E-state index in [0.29, 0.717) is 6.54 Å². The van der Waals surface area contributed by atoms with Gasteiger partial charge in [-0.1, -0.05) is 27.7 Å². The molecule has 0 heterocycles. The summed E-state index contributed by atoms with van der Waals surface area (Å²) in [5.41, 5.74) is 0. The summed E-state index contributed by atoms with van der Waals surface area (Å²) in [5.74, 6) is 1.18. The molecule has 1 N–H and O–H groups in total. The molecule has 0 radical (unpaired) electrons. The van der Waals surface area contributed by atoms with Crippen LogP contribution in [0.3, 0.4) is 0 Å². The second-order valence-electron chi connectivity index (χ2n) is 5.60. The molecule has 0 aromatic heterocycles. The van der Waals surface area contributed by atoms with Crippen LogP contribution in [0.2, 0.25) is 0 Å². The topological polar surface area (TPSA) is 46.2 Å². The van der Waals surface area contributed by atoms with Crippen LogP contribution in [0, 0.1) is 11.8 Å². The van der Waals surface area contributed by atoms with Gasteiger partial charge < -0.3 is 5.32 Å². The van der Waals surface area contributed by atoms with Crippen molar-refractivity contribution in [2.45, 2.75) is 52.7 Å². The van der Waals surface area contributed by atoms with Crippen LogP contribution in [0.1, 0.15) is 47.5 Å². The lowest BCUT2D eigenvalue weighted by molar-refractivity contribution is 0.525. The Labute approximate surface area is 107 Å². The first-order chi connectivity index (χ1) is 7.77. The Bertz CT molecular complexity index is 284. The second kappa shape index (κ2) is 8.09. The molecular formula is C13H29NO2S. The minimum absolute atomic E-state index is 0.195. The Morgan fingerprint density at radius 2 is 1.59 bits per heavy atom. The molecule has 0 amide bonds. The molecule has 0 bridgehead atoms. The van der Waals surface area contributed by atoms with Crippen LogP contribution in [0.4, 0.5) is 0 Å². The van der Waals surface area contributed by atoms with Crippen LogP contribution in [0.15, 0.2) is 0 Å². The first kappa shape index (κ1) is 16.9. The Morgan fingerprint density at radius 1 is 1.00 bits per heavy atom. The molecule has 3 nitrogen and oxygen atoms in total. The molecule has 0 saturated carbocycles. The van der Waals surface area contributed by atoms with E-state index in [1.54, 1.807) is 6.92 Å². The van der Waals surface area contributed by atoms with Crippen LogP contribution in [-0.2, 0) is 9.84 Å². The zero-order valence-electron chi connectivity index (χ0n) is 12.0. The zero-order valence-corrected chi connectivity index (χ0v) is 12.8. The van der Waals surface area contributed by atoms with Gasteiger partial charge in [-0.15, -0.1) is 0 Å². The van der Waals surface area contributed by atoms with Gasteiger partial charge in [0.25, 0.3) is 0 Å². The van der Waals surface area contributed by atoms with Gasteiger partial charge >= 0.3 is 0 Å². The predicted octanol–water partition coefficient (Wildman–Crippen LogP) is 2.47. The third-order valence-corrected chi connectivity index (χ3v) is 5.65. The predicted molar refractivity (Wildman–Crippen MR) is 75.0 cm³/mol. The van der Waals surface area contributed by atoms with Crippen molar-refractivity contribution in [3.8, 4) is 0 Å². The van der Waals surface area contributed by atoms with Gasteiger partial charge in [0.05, 0.1) is 11.0 Å². The fraction of sp³-hybridized carbons (Fsp3) is 1.00. The van der Waals surface area contributed by atoms with Crippen LogP contribution in [0.5, 0.6) is 0 Å². The zero-order chi connectivity index (χ0) is 13.5. The van der Waals surface area contributed by atoms with Crippen LogP contribution >= 0.6 is 0 Å². The molecule has 0 rings (SSSR count). The van der Waals surface area contributed by atoms with Crippen molar-refractivity contribution < 1.29 is 8.42 Å². The Hall–Kier alpha value is -0.0900. The normalized spacial score (nSPS) is 14.5. The number of nitrogens with one attached hydrogen (secondary N) is 1. The third-order valence-electron chi connectivity index (χ3n) is 3.20. The van der Waals surface area contributed by atoms with Gasteiger partial charge in [0.2, 0.25) is 0 Å². The lowest BCUT2D eigenvalue weighted by Gasteiger charge is -2.16. The van der Waals surface area contributed by atoms with Crippen molar-refractivity contribution in [1.82, 2.24) is 5.32 Å². The number of sulfone groups is 1. The highest BCUT2D eigenvalue weighted by Gasteiger charge is 2.22. The van der Waals surface area contributed by atoms with Crippen LogP contribution in [0.25, 0.3) is 0 Å². The average molecular weight is 263 g/mol. The molecule has 1 atom stereocenters. The molecule has 4 heteroatoms. The number of hydrogen-bond acceptors (Lipinski definition) is 3. The van der Waals surface area contributed by atoms with Crippen molar-refractivity contribution >= 4 is 9.84 Å². The van der Waals surface area contributed by atoms with Crippen molar-refractivity contribution in [2.24, 2.45) is 11.8 Å². The summed E-state index contributed by atoms with van der Waals surface area (Å²) in [5, 5.41) is 2.98. The van der Waals surface area contributed by atoms with Gasteiger partial charge in [0.1, 0.15) is 0 Å². The van der Waals surface area contributed by atoms with E-state index in [1.807, 2.05) is 13.8 Å². The number of rotatable bonds is 9. The highest BCUT2D eigenvalue weighted by atomic mass is 32.2. The Morgan fingerprint density at radius 3 is 2.06 bits per heavy atom. The maximum Gasteiger partial charge on any atom is 0.154 e. The first-order valence-electron chi connectivity index (χ1n) is 6.69. The summed E-state index contributed by atoms with van der Waals surface area (Å²) in [6.45, 7) is 11.6. The molecule has 0 aliphatic rings. The molecule has 0 saturated heterocycles. The second-order valence-corrected chi connectivity index (χ2v) is 8.08. The standard InChI is InChI=1S/C13H29NO2S/c1-11(2)7-6-8-14-9-10-17(15,16)13(5)12(3)4/h11-14H,6-10H2,1-5H3. The molecule has 0 spiro atoms. The lowest BCUT2D eigenvalue weighted by atomic mass is 10.1.